The smallest absolute Gasteiger partial charge is 0.314 e. The van der Waals surface area contributed by atoms with Gasteiger partial charge in [0.25, 0.3) is 0 Å². The molecule has 0 fully saturated rings. The topological polar surface area (TPSA) is 80.4 Å². The van der Waals surface area contributed by atoms with E-state index in [4.69, 9.17) is 10.8 Å². The molecule has 4 heteroatoms. The first-order valence-electron chi connectivity index (χ1n) is 5.09. The van der Waals surface area contributed by atoms with Crippen LogP contribution in [0, 0.1) is 5.92 Å². The van der Waals surface area contributed by atoms with Gasteiger partial charge in [0.2, 0.25) is 0 Å². The number of carboxylic acids is 1. The van der Waals surface area contributed by atoms with E-state index in [1.54, 1.807) is 0 Å². The fourth-order valence-corrected chi connectivity index (χ4v) is 1.31. The van der Waals surface area contributed by atoms with Crippen LogP contribution < -0.4 is 5.73 Å². The second-order valence-electron chi connectivity index (χ2n) is 3.39. The number of hydrogen-bond acceptors (Lipinski definition) is 3. The Morgan fingerprint density at radius 2 is 2.00 bits per heavy atom. The molecular formula is C10H19NO3. The third kappa shape index (κ3) is 4.97. The summed E-state index contributed by atoms with van der Waals surface area (Å²) in [5.74, 6) is -2.12. The fraction of sp³-hybridized carbons (Fsp3) is 0.800. The number of carboxylic acid groups (broad SMARTS) is 1. The number of carbonyl (C=O) groups is 2. The van der Waals surface area contributed by atoms with Crippen LogP contribution in [0.1, 0.15) is 39.0 Å². The number of ketones is 1. The molecule has 0 amide bonds. The van der Waals surface area contributed by atoms with Crippen LogP contribution in [0.15, 0.2) is 0 Å². The fourth-order valence-electron chi connectivity index (χ4n) is 1.31. The van der Waals surface area contributed by atoms with Crippen molar-refractivity contribution in [3.05, 3.63) is 0 Å². The molecule has 0 heterocycles. The van der Waals surface area contributed by atoms with Crippen molar-refractivity contribution in [1.29, 1.82) is 0 Å². The Morgan fingerprint density at radius 1 is 1.36 bits per heavy atom. The molecule has 1 unspecified atom stereocenters. The van der Waals surface area contributed by atoms with Gasteiger partial charge in [-0.15, -0.1) is 0 Å². The molecule has 4 nitrogen and oxygen atoms in total. The van der Waals surface area contributed by atoms with E-state index in [0.717, 1.165) is 19.3 Å². The zero-order chi connectivity index (χ0) is 11.0. The summed E-state index contributed by atoms with van der Waals surface area (Å²) in [7, 11) is 0. The quantitative estimate of drug-likeness (QED) is 0.456. The molecule has 0 aromatic carbocycles. The van der Waals surface area contributed by atoms with Crippen LogP contribution in [0.3, 0.4) is 0 Å². The van der Waals surface area contributed by atoms with Gasteiger partial charge in [0.15, 0.2) is 0 Å². The molecule has 0 aromatic heterocycles. The van der Waals surface area contributed by atoms with E-state index in [1.807, 2.05) is 6.92 Å². The minimum atomic E-state index is -1.04. The van der Waals surface area contributed by atoms with Gasteiger partial charge in [-0.3, -0.25) is 9.59 Å². The summed E-state index contributed by atoms with van der Waals surface area (Å²) in [4.78, 5) is 22.1. The molecule has 14 heavy (non-hydrogen) atoms. The molecular weight excluding hydrogens is 182 g/mol. The largest absolute Gasteiger partial charge is 0.481 e. The van der Waals surface area contributed by atoms with Crippen LogP contribution in [0.25, 0.3) is 0 Å². The molecule has 0 aromatic rings. The molecule has 1 atom stereocenters. The second-order valence-corrected chi connectivity index (χ2v) is 3.39. The predicted octanol–water partition coefficient (Wildman–Crippen LogP) is 1.19. The third-order valence-corrected chi connectivity index (χ3v) is 2.17. The van der Waals surface area contributed by atoms with Crippen molar-refractivity contribution in [2.75, 3.05) is 6.54 Å². The number of aliphatic carboxylic acids is 1. The van der Waals surface area contributed by atoms with E-state index in [0.29, 0.717) is 6.42 Å². The number of nitrogens with two attached hydrogens (primary N) is 1. The maximum atomic E-state index is 11.4. The first kappa shape index (κ1) is 13.1. The van der Waals surface area contributed by atoms with E-state index < -0.39 is 11.9 Å². The van der Waals surface area contributed by atoms with Crippen molar-refractivity contribution in [1.82, 2.24) is 0 Å². The SMILES string of the molecule is CCCCCC(=O)C(CCN)C(=O)O. The summed E-state index contributed by atoms with van der Waals surface area (Å²) in [5, 5.41) is 8.75. The standard InChI is InChI=1S/C10H19NO3/c1-2-3-4-5-9(12)8(6-7-11)10(13)14/h8H,2-7,11H2,1H3,(H,13,14). The highest BCUT2D eigenvalue weighted by molar-refractivity contribution is 5.98. The summed E-state index contributed by atoms with van der Waals surface area (Å²) in [6, 6.07) is 0. The Kier molecular flexibility index (Phi) is 7.02. The van der Waals surface area contributed by atoms with Gasteiger partial charge < -0.3 is 10.8 Å². The molecule has 3 N–H and O–H groups in total. The Balaban J connectivity index is 3.96. The van der Waals surface area contributed by atoms with Crippen LogP contribution >= 0.6 is 0 Å². The number of hydrogen-bond donors (Lipinski definition) is 2. The van der Waals surface area contributed by atoms with E-state index in [9.17, 15) is 9.59 Å². The highest BCUT2D eigenvalue weighted by atomic mass is 16.4. The number of Topliss-reactive ketones (excluding diaryl/α,β-unsaturated/α-hetero) is 1. The van der Waals surface area contributed by atoms with Gasteiger partial charge in [-0.1, -0.05) is 19.8 Å². The van der Waals surface area contributed by atoms with Crippen molar-refractivity contribution in [2.24, 2.45) is 11.7 Å². The average molecular weight is 201 g/mol. The van der Waals surface area contributed by atoms with Gasteiger partial charge in [0.05, 0.1) is 0 Å². The Hall–Kier alpha value is -0.900. The molecule has 0 radical (unpaired) electrons. The van der Waals surface area contributed by atoms with Crippen LogP contribution in [-0.2, 0) is 9.59 Å². The molecule has 0 aliphatic heterocycles. The number of rotatable bonds is 8. The van der Waals surface area contributed by atoms with Crippen molar-refractivity contribution in [3.8, 4) is 0 Å². The number of carbonyl (C=O) groups excluding carboxylic acids is 1. The van der Waals surface area contributed by atoms with Crippen LogP contribution in [0.4, 0.5) is 0 Å². The summed E-state index contributed by atoms with van der Waals surface area (Å²) in [6.07, 6.45) is 3.40. The molecule has 0 saturated heterocycles. The highest BCUT2D eigenvalue weighted by Crippen LogP contribution is 2.10. The summed E-state index contributed by atoms with van der Waals surface area (Å²) >= 11 is 0. The monoisotopic (exact) mass is 201 g/mol. The maximum Gasteiger partial charge on any atom is 0.314 e. The lowest BCUT2D eigenvalue weighted by atomic mass is 9.96. The van der Waals surface area contributed by atoms with Gasteiger partial charge in [-0.2, -0.15) is 0 Å². The highest BCUT2D eigenvalue weighted by Gasteiger charge is 2.24. The average Bonchev–Trinajstić information content (AvgIpc) is 2.13. The van der Waals surface area contributed by atoms with Crippen molar-refractivity contribution >= 4 is 11.8 Å². The first-order chi connectivity index (χ1) is 6.63. The van der Waals surface area contributed by atoms with E-state index in [-0.39, 0.29) is 18.7 Å². The molecule has 0 aliphatic rings. The Bertz CT molecular complexity index is 192. The maximum absolute atomic E-state index is 11.4. The van der Waals surface area contributed by atoms with Gasteiger partial charge in [0.1, 0.15) is 11.7 Å². The van der Waals surface area contributed by atoms with Crippen molar-refractivity contribution in [3.63, 3.8) is 0 Å². The van der Waals surface area contributed by atoms with Crippen LogP contribution in [0.5, 0.6) is 0 Å². The molecule has 0 aliphatic carbocycles. The molecule has 0 bridgehead atoms. The van der Waals surface area contributed by atoms with Crippen molar-refractivity contribution < 1.29 is 14.7 Å². The van der Waals surface area contributed by atoms with Gasteiger partial charge in [-0.05, 0) is 19.4 Å². The lowest BCUT2D eigenvalue weighted by Crippen LogP contribution is -2.26. The molecule has 0 spiro atoms. The molecule has 82 valence electrons. The van der Waals surface area contributed by atoms with Crippen LogP contribution in [-0.4, -0.2) is 23.4 Å². The van der Waals surface area contributed by atoms with Crippen molar-refractivity contribution in [2.45, 2.75) is 39.0 Å². The lowest BCUT2D eigenvalue weighted by molar-refractivity contribution is -0.146. The zero-order valence-electron chi connectivity index (χ0n) is 8.66. The van der Waals surface area contributed by atoms with Crippen LogP contribution in [0.2, 0.25) is 0 Å². The van der Waals surface area contributed by atoms with Gasteiger partial charge in [0, 0.05) is 6.42 Å². The summed E-state index contributed by atoms with van der Waals surface area (Å²) in [5.41, 5.74) is 5.24. The zero-order valence-corrected chi connectivity index (χ0v) is 8.66. The predicted molar refractivity (Wildman–Crippen MR) is 53.9 cm³/mol. The summed E-state index contributed by atoms with van der Waals surface area (Å²) < 4.78 is 0. The minimum Gasteiger partial charge on any atom is -0.481 e. The van der Waals surface area contributed by atoms with E-state index >= 15 is 0 Å². The second kappa shape index (κ2) is 7.50. The first-order valence-corrected chi connectivity index (χ1v) is 5.09. The van der Waals surface area contributed by atoms with E-state index in [1.165, 1.54) is 0 Å². The normalized spacial score (nSPS) is 12.4. The molecule has 0 saturated carbocycles. The third-order valence-electron chi connectivity index (χ3n) is 2.17. The Morgan fingerprint density at radius 3 is 2.43 bits per heavy atom. The molecule has 0 rings (SSSR count). The lowest BCUT2D eigenvalue weighted by Gasteiger charge is -2.09. The number of unbranched alkanes of at least 4 members (excludes halogenated alkanes) is 2. The Labute approximate surface area is 84.5 Å². The van der Waals surface area contributed by atoms with Gasteiger partial charge >= 0.3 is 5.97 Å². The van der Waals surface area contributed by atoms with Gasteiger partial charge in [-0.25, -0.2) is 0 Å². The van der Waals surface area contributed by atoms with E-state index in [2.05, 4.69) is 0 Å². The minimum absolute atomic E-state index is 0.184. The summed E-state index contributed by atoms with van der Waals surface area (Å²) in [6.45, 7) is 2.29.